The summed E-state index contributed by atoms with van der Waals surface area (Å²) in [6.45, 7) is 10.2. The van der Waals surface area contributed by atoms with Gasteiger partial charge in [0.2, 0.25) is 5.91 Å². The molecule has 2 atom stereocenters. The van der Waals surface area contributed by atoms with E-state index < -0.39 is 12.1 Å². The number of likely N-dealkylation sites (N-methyl/N-ethyl adjacent to an activating group) is 1. The number of rotatable bonds is 9. The molecule has 0 radical (unpaired) electrons. The number of nitrogens with one attached hydrogen (secondary N) is 2. The van der Waals surface area contributed by atoms with Crippen LogP contribution in [0.15, 0.2) is 78.5 Å². The van der Waals surface area contributed by atoms with E-state index in [0.29, 0.717) is 35.9 Å². The Hall–Kier alpha value is -4.07. The van der Waals surface area contributed by atoms with Crippen LogP contribution in [-0.2, 0) is 9.59 Å². The van der Waals surface area contributed by atoms with Gasteiger partial charge in [-0.25, -0.2) is 4.79 Å². The number of para-hydroxylation sites is 1. The topological polar surface area (TPSA) is 91.0 Å². The number of ether oxygens (including phenoxy) is 1. The first-order chi connectivity index (χ1) is 17.3. The molecule has 4 rings (SSSR count). The van der Waals surface area contributed by atoms with Crippen molar-refractivity contribution >= 4 is 17.8 Å². The first kappa shape index (κ1) is 25.0. The second-order valence-corrected chi connectivity index (χ2v) is 9.13. The van der Waals surface area contributed by atoms with Gasteiger partial charge in [0.25, 0.3) is 5.91 Å². The molecule has 8 nitrogen and oxygen atoms in total. The predicted octanol–water partition coefficient (Wildman–Crippen LogP) is 3.99. The number of benzene rings is 2. The summed E-state index contributed by atoms with van der Waals surface area (Å²) in [7, 11) is 0. The summed E-state index contributed by atoms with van der Waals surface area (Å²) >= 11 is 0. The molecule has 0 unspecified atom stereocenters. The molecule has 2 aliphatic rings. The number of nitrogens with zero attached hydrogens (tertiary/aromatic N) is 2. The summed E-state index contributed by atoms with van der Waals surface area (Å²) in [5.41, 5.74) is 1.84. The van der Waals surface area contributed by atoms with Crippen LogP contribution in [0.1, 0.15) is 32.4 Å². The third-order valence-corrected chi connectivity index (χ3v) is 6.39. The van der Waals surface area contributed by atoms with E-state index in [4.69, 9.17) is 4.74 Å². The molecule has 4 amide bonds. The highest BCUT2D eigenvalue weighted by atomic mass is 16.5. The van der Waals surface area contributed by atoms with Gasteiger partial charge >= 0.3 is 6.03 Å². The zero-order valence-corrected chi connectivity index (χ0v) is 20.9. The van der Waals surface area contributed by atoms with Crippen LogP contribution >= 0.6 is 0 Å². The first-order valence-corrected chi connectivity index (χ1v) is 12.2. The van der Waals surface area contributed by atoms with Gasteiger partial charge in [-0.15, -0.1) is 6.58 Å². The minimum atomic E-state index is -0.676. The quantitative estimate of drug-likeness (QED) is 0.522. The molecule has 0 aromatic heterocycles. The molecule has 0 bridgehead atoms. The molecular weight excluding hydrogens is 456 g/mol. The van der Waals surface area contributed by atoms with E-state index in [0.717, 1.165) is 5.56 Å². The summed E-state index contributed by atoms with van der Waals surface area (Å²) in [5, 5.41) is 5.81. The maximum absolute atomic E-state index is 13.9. The lowest BCUT2D eigenvalue weighted by Gasteiger charge is -2.33. The normalized spacial score (nSPS) is 18.2. The number of carbonyl (C=O) groups excluding carboxylic acids is 3. The second-order valence-electron chi connectivity index (χ2n) is 9.13. The molecule has 2 aliphatic heterocycles. The molecule has 0 spiro atoms. The summed E-state index contributed by atoms with van der Waals surface area (Å²) in [5.74, 6) is 0.664. The lowest BCUT2D eigenvalue weighted by atomic mass is 9.95. The van der Waals surface area contributed by atoms with Crippen molar-refractivity contribution in [1.29, 1.82) is 0 Å². The van der Waals surface area contributed by atoms with Crippen molar-refractivity contribution < 1.29 is 19.1 Å². The van der Waals surface area contributed by atoms with Crippen molar-refractivity contribution in [3.8, 4) is 11.5 Å². The van der Waals surface area contributed by atoms with Crippen molar-refractivity contribution in [2.75, 3.05) is 19.6 Å². The minimum absolute atomic E-state index is 0.125. The Morgan fingerprint density at radius 3 is 2.56 bits per heavy atom. The van der Waals surface area contributed by atoms with E-state index in [9.17, 15) is 14.4 Å². The van der Waals surface area contributed by atoms with E-state index >= 15 is 0 Å². The Labute approximate surface area is 211 Å². The summed E-state index contributed by atoms with van der Waals surface area (Å²) in [4.78, 5) is 43.0. The fourth-order valence-corrected chi connectivity index (χ4v) is 4.79. The van der Waals surface area contributed by atoms with Crippen LogP contribution in [0.25, 0.3) is 0 Å². The average Bonchev–Trinajstić information content (AvgIpc) is 3.19. The molecule has 0 aliphatic carbocycles. The Kier molecular flexibility index (Phi) is 7.43. The van der Waals surface area contributed by atoms with Crippen molar-refractivity contribution in [1.82, 2.24) is 20.4 Å². The lowest BCUT2D eigenvalue weighted by Crippen LogP contribution is -2.51. The molecular formula is C28H32N4O4. The summed E-state index contributed by atoms with van der Waals surface area (Å²) < 4.78 is 5.98. The monoisotopic (exact) mass is 488 g/mol. The zero-order valence-electron chi connectivity index (χ0n) is 20.9. The third kappa shape index (κ3) is 4.84. The second kappa shape index (κ2) is 10.7. The zero-order chi connectivity index (χ0) is 25.8. The maximum Gasteiger partial charge on any atom is 0.322 e. The van der Waals surface area contributed by atoms with E-state index in [1.54, 1.807) is 15.9 Å². The Morgan fingerprint density at radius 2 is 1.89 bits per heavy atom. The molecule has 0 saturated carbocycles. The standard InChI is InChI=1S/C28H32N4O4/c1-5-15-29-26(33)25(18(3)4)32-17-22-23(27(32)34)24(30-28(35)31(22)6-2)19-11-10-14-21(16-19)36-20-12-8-7-9-13-20/h5,7-14,16,18,24-25H,1,6,15,17H2,2-4H3,(H,29,33)(H,30,35)/t24-,25-/m1/s1. The molecule has 8 heteroatoms. The third-order valence-electron chi connectivity index (χ3n) is 6.39. The fraction of sp³-hybridized carbons (Fsp3) is 0.321. The summed E-state index contributed by atoms with van der Waals surface area (Å²) in [6.07, 6.45) is 1.60. The predicted molar refractivity (Wildman–Crippen MR) is 137 cm³/mol. The largest absolute Gasteiger partial charge is 0.457 e. The van der Waals surface area contributed by atoms with Gasteiger partial charge in [0.15, 0.2) is 0 Å². The maximum atomic E-state index is 13.9. The van der Waals surface area contributed by atoms with Crippen LogP contribution in [0.3, 0.4) is 0 Å². The van der Waals surface area contributed by atoms with E-state index in [2.05, 4.69) is 17.2 Å². The van der Waals surface area contributed by atoms with Gasteiger partial charge in [0, 0.05) is 13.1 Å². The number of hydrogen-bond acceptors (Lipinski definition) is 4. The Morgan fingerprint density at radius 1 is 1.17 bits per heavy atom. The van der Waals surface area contributed by atoms with Crippen molar-refractivity contribution in [3.05, 3.63) is 84.1 Å². The lowest BCUT2D eigenvalue weighted by molar-refractivity contribution is -0.138. The van der Waals surface area contributed by atoms with Gasteiger partial charge < -0.3 is 20.3 Å². The van der Waals surface area contributed by atoms with E-state index in [1.165, 1.54) is 0 Å². The molecule has 2 heterocycles. The average molecular weight is 489 g/mol. The Balaban J connectivity index is 1.69. The molecule has 2 aromatic rings. The van der Waals surface area contributed by atoms with Gasteiger partial charge in [-0.2, -0.15) is 0 Å². The van der Waals surface area contributed by atoms with E-state index in [-0.39, 0.29) is 30.3 Å². The SMILES string of the molecule is C=CCNC(=O)[C@@H](C(C)C)N1CC2=C(C1=O)[C@@H](c1cccc(Oc3ccccc3)c1)NC(=O)N2CC. The van der Waals surface area contributed by atoms with Crippen LogP contribution in [-0.4, -0.2) is 53.3 Å². The number of carbonyl (C=O) groups is 3. The number of urea groups is 1. The first-order valence-electron chi connectivity index (χ1n) is 12.2. The van der Waals surface area contributed by atoms with Crippen LogP contribution in [0.4, 0.5) is 4.79 Å². The van der Waals surface area contributed by atoms with Gasteiger partial charge in [0.1, 0.15) is 17.5 Å². The fourth-order valence-electron chi connectivity index (χ4n) is 4.79. The van der Waals surface area contributed by atoms with E-state index in [1.807, 2.05) is 75.4 Å². The van der Waals surface area contributed by atoms with Gasteiger partial charge in [0.05, 0.1) is 23.9 Å². The van der Waals surface area contributed by atoms with Crippen LogP contribution in [0.2, 0.25) is 0 Å². The minimum Gasteiger partial charge on any atom is -0.457 e. The van der Waals surface area contributed by atoms with Crippen molar-refractivity contribution in [2.45, 2.75) is 32.9 Å². The van der Waals surface area contributed by atoms with Crippen molar-refractivity contribution in [2.24, 2.45) is 5.92 Å². The highest BCUT2D eigenvalue weighted by molar-refractivity contribution is 6.03. The number of amides is 4. The smallest absolute Gasteiger partial charge is 0.322 e. The van der Waals surface area contributed by atoms with Gasteiger partial charge in [-0.1, -0.05) is 50.3 Å². The van der Waals surface area contributed by atoms with Crippen LogP contribution in [0.5, 0.6) is 11.5 Å². The van der Waals surface area contributed by atoms with Crippen LogP contribution in [0, 0.1) is 5.92 Å². The molecule has 0 saturated heterocycles. The van der Waals surface area contributed by atoms with Gasteiger partial charge in [-0.3, -0.25) is 14.5 Å². The van der Waals surface area contributed by atoms with Crippen LogP contribution < -0.4 is 15.4 Å². The molecule has 2 N–H and O–H groups in total. The molecule has 2 aromatic carbocycles. The van der Waals surface area contributed by atoms with Crippen molar-refractivity contribution in [3.63, 3.8) is 0 Å². The Bertz CT molecular complexity index is 1190. The molecule has 0 fully saturated rings. The highest BCUT2D eigenvalue weighted by Crippen LogP contribution is 2.38. The molecule has 36 heavy (non-hydrogen) atoms. The summed E-state index contributed by atoms with van der Waals surface area (Å²) in [6, 6.07) is 15.2. The molecule has 188 valence electrons. The van der Waals surface area contributed by atoms with Gasteiger partial charge in [-0.05, 0) is 42.7 Å². The highest BCUT2D eigenvalue weighted by Gasteiger charge is 2.47. The number of hydrogen-bond donors (Lipinski definition) is 2.